The van der Waals surface area contributed by atoms with Crippen molar-refractivity contribution in [1.82, 2.24) is 0 Å². The fourth-order valence-corrected chi connectivity index (χ4v) is 2.52. The zero-order chi connectivity index (χ0) is 15.8. The number of hydrogen-bond donors (Lipinski definition) is 0. The molecule has 2 aromatic carbocycles. The monoisotopic (exact) mass is 282 g/mol. The second-order valence-corrected chi connectivity index (χ2v) is 5.93. The first kappa shape index (κ1) is 17.5. The highest BCUT2D eigenvalue weighted by Gasteiger charge is 2.09. The SMILES string of the molecule is CC.CC(C)c1ccc(C(C)C)c(Cc2ccccc2)c1. The van der Waals surface area contributed by atoms with Crippen LogP contribution in [0.4, 0.5) is 0 Å². The van der Waals surface area contributed by atoms with Gasteiger partial charge in [-0.25, -0.2) is 0 Å². The predicted octanol–water partition coefficient (Wildman–Crippen LogP) is 6.55. The van der Waals surface area contributed by atoms with E-state index in [0.29, 0.717) is 11.8 Å². The van der Waals surface area contributed by atoms with E-state index in [9.17, 15) is 0 Å². The summed E-state index contributed by atoms with van der Waals surface area (Å²) in [5, 5.41) is 0. The molecule has 0 aliphatic carbocycles. The van der Waals surface area contributed by atoms with Gasteiger partial charge in [0.2, 0.25) is 0 Å². The van der Waals surface area contributed by atoms with E-state index in [-0.39, 0.29) is 0 Å². The van der Waals surface area contributed by atoms with Crippen LogP contribution in [0.3, 0.4) is 0 Å². The lowest BCUT2D eigenvalue weighted by molar-refractivity contribution is 0.828. The summed E-state index contributed by atoms with van der Waals surface area (Å²) in [6.07, 6.45) is 1.04. The van der Waals surface area contributed by atoms with E-state index >= 15 is 0 Å². The maximum Gasteiger partial charge on any atom is -0.00228 e. The van der Waals surface area contributed by atoms with Gasteiger partial charge in [0.25, 0.3) is 0 Å². The minimum absolute atomic E-state index is 0.583. The highest BCUT2D eigenvalue weighted by molar-refractivity contribution is 5.38. The molecule has 0 aliphatic heterocycles. The normalized spacial score (nSPS) is 10.5. The molecule has 0 saturated heterocycles. The van der Waals surface area contributed by atoms with Crippen LogP contribution in [0.2, 0.25) is 0 Å². The van der Waals surface area contributed by atoms with Crippen molar-refractivity contribution in [3.8, 4) is 0 Å². The Labute approximate surface area is 131 Å². The Balaban J connectivity index is 0.00000106. The van der Waals surface area contributed by atoms with Crippen LogP contribution in [0.1, 0.15) is 75.6 Å². The topological polar surface area (TPSA) is 0 Å². The van der Waals surface area contributed by atoms with E-state index < -0.39 is 0 Å². The van der Waals surface area contributed by atoms with E-state index in [1.807, 2.05) is 13.8 Å². The summed E-state index contributed by atoms with van der Waals surface area (Å²) in [4.78, 5) is 0. The maximum absolute atomic E-state index is 2.40. The standard InChI is InChI=1S/C19H24.C2H6/c1-14(2)17-10-11-19(15(3)4)18(13-17)12-16-8-6-5-7-9-16;1-2/h5-11,13-15H,12H2,1-4H3;1-2H3. The van der Waals surface area contributed by atoms with Crippen molar-refractivity contribution in [3.05, 3.63) is 70.8 Å². The second-order valence-electron chi connectivity index (χ2n) is 5.93. The van der Waals surface area contributed by atoms with Gasteiger partial charge in [0, 0.05) is 0 Å². The van der Waals surface area contributed by atoms with Crippen LogP contribution in [-0.2, 0) is 6.42 Å². The van der Waals surface area contributed by atoms with Gasteiger partial charge in [0.1, 0.15) is 0 Å². The molecule has 2 rings (SSSR count). The van der Waals surface area contributed by atoms with Crippen LogP contribution in [0.15, 0.2) is 48.5 Å². The van der Waals surface area contributed by atoms with E-state index in [2.05, 4.69) is 76.2 Å². The molecular weight excluding hydrogens is 252 g/mol. The minimum Gasteiger partial charge on any atom is -0.0683 e. The Bertz CT molecular complexity index is 521. The summed E-state index contributed by atoms with van der Waals surface area (Å²) in [5.74, 6) is 1.18. The van der Waals surface area contributed by atoms with Crippen LogP contribution in [-0.4, -0.2) is 0 Å². The molecule has 0 bridgehead atoms. The molecule has 0 atom stereocenters. The molecule has 0 spiro atoms. The fourth-order valence-electron chi connectivity index (χ4n) is 2.52. The van der Waals surface area contributed by atoms with Gasteiger partial charge in [-0.1, -0.05) is 90.1 Å². The molecular formula is C21H30. The smallest absolute Gasteiger partial charge is 0.00228 e. The summed E-state index contributed by atoms with van der Waals surface area (Å²) in [7, 11) is 0. The molecule has 0 nitrogen and oxygen atoms in total. The van der Waals surface area contributed by atoms with Gasteiger partial charge in [0.15, 0.2) is 0 Å². The van der Waals surface area contributed by atoms with Crippen LogP contribution >= 0.6 is 0 Å². The molecule has 0 heteroatoms. The molecule has 0 N–H and O–H groups in total. The molecule has 0 fully saturated rings. The maximum atomic E-state index is 2.40. The molecule has 0 unspecified atom stereocenters. The molecule has 21 heavy (non-hydrogen) atoms. The van der Waals surface area contributed by atoms with Crippen LogP contribution in [0, 0.1) is 0 Å². The zero-order valence-electron chi connectivity index (χ0n) is 14.5. The molecule has 0 aliphatic rings. The Kier molecular flexibility index (Phi) is 7.22. The summed E-state index contributed by atoms with van der Waals surface area (Å²) < 4.78 is 0. The van der Waals surface area contributed by atoms with Gasteiger partial charge < -0.3 is 0 Å². The fraction of sp³-hybridized carbons (Fsp3) is 0.429. The average Bonchev–Trinajstić information content (AvgIpc) is 2.50. The highest BCUT2D eigenvalue weighted by Crippen LogP contribution is 2.26. The molecule has 0 heterocycles. The van der Waals surface area contributed by atoms with Gasteiger partial charge in [-0.2, -0.15) is 0 Å². The molecule has 2 aromatic rings. The van der Waals surface area contributed by atoms with E-state index in [4.69, 9.17) is 0 Å². The van der Waals surface area contributed by atoms with Gasteiger partial charge in [-0.3, -0.25) is 0 Å². The Morgan fingerprint density at radius 1 is 0.762 bits per heavy atom. The Morgan fingerprint density at radius 3 is 1.90 bits per heavy atom. The van der Waals surface area contributed by atoms with E-state index in [0.717, 1.165) is 6.42 Å². The second kappa shape index (κ2) is 8.67. The third-order valence-electron chi connectivity index (χ3n) is 3.69. The van der Waals surface area contributed by atoms with Crippen LogP contribution in [0.5, 0.6) is 0 Å². The molecule has 0 aromatic heterocycles. The van der Waals surface area contributed by atoms with Crippen molar-refractivity contribution in [3.63, 3.8) is 0 Å². The molecule has 0 saturated carbocycles. The van der Waals surface area contributed by atoms with Crippen molar-refractivity contribution < 1.29 is 0 Å². The summed E-state index contributed by atoms with van der Waals surface area (Å²) in [6, 6.07) is 17.8. The van der Waals surface area contributed by atoms with Crippen molar-refractivity contribution in [1.29, 1.82) is 0 Å². The van der Waals surface area contributed by atoms with Gasteiger partial charge >= 0.3 is 0 Å². The van der Waals surface area contributed by atoms with Crippen molar-refractivity contribution >= 4 is 0 Å². The van der Waals surface area contributed by atoms with Crippen LogP contribution < -0.4 is 0 Å². The van der Waals surface area contributed by atoms with Crippen molar-refractivity contribution in [2.24, 2.45) is 0 Å². The summed E-state index contributed by atoms with van der Waals surface area (Å²) >= 11 is 0. The van der Waals surface area contributed by atoms with Gasteiger partial charge in [-0.15, -0.1) is 0 Å². The van der Waals surface area contributed by atoms with Gasteiger partial charge in [0.05, 0.1) is 0 Å². The lowest BCUT2D eigenvalue weighted by atomic mass is 9.89. The predicted molar refractivity (Wildman–Crippen MR) is 95.2 cm³/mol. The first-order chi connectivity index (χ1) is 10.1. The third-order valence-corrected chi connectivity index (χ3v) is 3.69. The minimum atomic E-state index is 0.583. The summed E-state index contributed by atoms with van der Waals surface area (Å²) in [6.45, 7) is 13.1. The number of rotatable bonds is 4. The Morgan fingerprint density at radius 2 is 1.38 bits per heavy atom. The summed E-state index contributed by atoms with van der Waals surface area (Å²) in [5.41, 5.74) is 5.79. The number of benzene rings is 2. The largest absolute Gasteiger partial charge is 0.0683 e. The molecule has 114 valence electrons. The quantitative estimate of drug-likeness (QED) is 0.596. The average molecular weight is 282 g/mol. The van der Waals surface area contributed by atoms with Crippen molar-refractivity contribution in [2.75, 3.05) is 0 Å². The molecule has 0 amide bonds. The lowest BCUT2D eigenvalue weighted by Gasteiger charge is -2.16. The highest BCUT2D eigenvalue weighted by atomic mass is 14.1. The lowest BCUT2D eigenvalue weighted by Crippen LogP contribution is -2.00. The first-order valence-corrected chi connectivity index (χ1v) is 8.24. The van der Waals surface area contributed by atoms with E-state index in [1.165, 1.54) is 22.3 Å². The Hall–Kier alpha value is -1.56. The van der Waals surface area contributed by atoms with Gasteiger partial charge in [-0.05, 0) is 40.5 Å². The first-order valence-electron chi connectivity index (χ1n) is 8.24. The number of hydrogen-bond acceptors (Lipinski definition) is 0. The van der Waals surface area contributed by atoms with E-state index in [1.54, 1.807) is 0 Å². The van der Waals surface area contributed by atoms with Crippen molar-refractivity contribution in [2.45, 2.75) is 59.8 Å². The van der Waals surface area contributed by atoms with Crippen LogP contribution in [0.25, 0.3) is 0 Å². The zero-order valence-corrected chi connectivity index (χ0v) is 14.5. The third kappa shape index (κ3) is 5.04. The molecule has 0 radical (unpaired) electrons.